The molecule has 0 fully saturated rings. The topological polar surface area (TPSA) is 41.1 Å². The van der Waals surface area contributed by atoms with Gasteiger partial charge in [-0.05, 0) is 31.4 Å². The minimum absolute atomic E-state index is 0.0552. The number of carbonyl (C=O) groups is 1. The van der Waals surface area contributed by atoms with E-state index in [4.69, 9.17) is 0 Å². The lowest BCUT2D eigenvalue weighted by atomic mass is 9.94. The number of allylic oxidation sites excluding steroid dienone is 1. The van der Waals surface area contributed by atoms with Crippen molar-refractivity contribution in [3.63, 3.8) is 0 Å². The van der Waals surface area contributed by atoms with Gasteiger partial charge in [0.05, 0.1) is 0 Å². The van der Waals surface area contributed by atoms with Crippen LogP contribution in [-0.2, 0) is 11.2 Å². The summed E-state index contributed by atoms with van der Waals surface area (Å²) < 4.78 is 0. The van der Waals surface area contributed by atoms with Gasteiger partial charge in [-0.15, -0.1) is 0 Å². The molecule has 0 saturated heterocycles. The number of fused-ring (bicyclic) bond motifs is 1. The van der Waals surface area contributed by atoms with E-state index in [0.717, 1.165) is 18.5 Å². The van der Waals surface area contributed by atoms with Crippen molar-refractivity contribution in [2.75, 3.05) is 13.1 Å². The molecule has 2 N–H and O–H groups in total. The molecule has 0 radical (unpaired) electrons. The van der Waals surface area contributed by atoms with Crippen LogP contribution >= 0.6 is 0 Å². The quantitative estimate of drug-likeness (QED) is 0.798. The molecule has 1 aromatic rings. The van der Waals surface area contributed by atoms with E-state index in [1.165, 1.54) is 11.1 Å². The fourth-order valence-electron chi connectivity index (χ4n) is 2.20. The number of nitrogens with one attached hydrogen (secondary N) is 2. The minimum atomic E-state index is -0.208. The SMILES string of the molecule is CC(C)=CCNC(=O)C1NCCc2ccccc21. The highest BCUT2D eigenvalue weighted by atomic mass is 16.2. The number of hydrogen-bond donors (Lipinski definition) is 2. The molecule has 1 heterocycles. The lowest BCUT2D eigenvalue weighted by Gasteiger charge is -2.25. The molecule has 3 heteroatoms. The van der Waals surface area contributed by atoms with E-state index in [1.807, 2.05) is 38.1 Å². The van der Waals surface area contributed by atoms with Crippen LogP contribution in [-0.4, -0.2) is 19.0 Å². The van der Waals surface area contributed by atoms with E-state index in [2.05, 4.69) is 16.7 Å². The molecule has 1 amide bonds. The van der Waals surface area contributed by atoms with Gasteiger partial charge in [0.25, 0.3) is 0 Å². The number of carbonyl (C=O) groups excluding carboxylic acids is 1. The zero-order valence-electron chi connectivity index (χ0n) is 11.0. The van der Waals surface area contributed by atoms with Gasteiger partial charge in [0.2, 0.25) is 5.91 Å². The summed E-state index contributed by atoms with van der Waals surface area (Å²) in [6.45, 7) is 5.51. The maximum absolute atomic E-state index is 12.1. The van der Waals surface area contributed by atoms with Gasteiger partial charge in [-0.1, -0.05) is 35.9 Å². The van der Waals surface area contributed by atoms with Crippen LogP contribution in [0, 0.1) is 0 Å². The van der Waals surface area contributed by atoms with E-state index in [0.29, 0.717) is 6.54 Å². The van der Waals surface area contributed by atoms with Crippen molar-refractivity contribution in [3.05, 3.63) is 47.0 Å². The molecule has 3 nitrogen and oxygen atoms in total. The molecule has 0 spiro atoms. The van der Waals surface area contributed by atoms with E-state index in [9.17, 15) is 4.79 Å². The van der Waals surface area contributed by atoms with Crippen molar-refractivity contribution in [2.24, 2.45) is 0 Å². The van der Waals surface area contributed by atoms with Crippen LogP contribution in [0.2, 0.25) is 0 Å². The van der Waals surface area contributed by atoms with Crippen molar-refractivity contribution in [1.82, 2.24) is 10.6 Å². The Kier molecular flexibility index (Phi) is 4.15. The van der Waals surface area contributed by atoms with Gasteiger partial charge in [-0.3, -0.25) is 4.79 Å². The second-order valence-corrected chi connectivity index (χ2v) is 4.86. The molecule has 1 aromatic carbocycles. The smallest absolute Gasteiger partial charge is 0.241 e. The van der Waals surface area contributed by atoms with Gasteiger partial charge in [0, 0.05) is 13.1 Å². The predicted octanol–water partition coefficient (Wildman–Crippen LogP) is 1.96. The average Bonchev–Trinajstić information content (AvgIpc) is 2.37. The maximum atomic E-state index is 12.1. The molecule has 1 aliphatic rings. The Bertz CT molecular complexity index is 461. The first-order valence-corrected chi connectivity index (χ1v) is 6.41. The number of benzene rings is 1. The van der Waals surface area contributed by atoms with Gasteiger partial charge in [-0.25, -0.2) is 0 Å². The maximum Gasteiger partial charge on any atom is 0.241 e. The summed E-state index contributed by atoms with van der Waals surface area (Å²) in [7, 11) is 0. The van der Waals surface area contributed by atoms with Crippen molar-refractivity contribution in [3.8, 4) is 0 Å². The van der Waals surface area contributed by atoms with E-state index < -0.39 is 0 Å². The summed E-state index contributed by atoms with van der Waals surface area (Å²) in [5.74, 6) is 0.0552. The molecule has 2 rings (SSSR count). The Balaban J connectivity index is 2.06. The first-order valence-electron chi connectivity index (χ1n) is 6.41. The lowest BCUT2D eigenvalue weighted by Crippen LogP contribution is -2.41. The number of amides is 1. The van der Waals surface area contributed by atoms with Crippen LogP contribution < -0.4 is 10.6 Å². The molecule has 0 saturated carbocycles. The molecular weight excluding hydrogens is 224 g/mol. The van der Waals surface area contributed by atoms with Crippen LogP contribution in [0.4, 0.5) is 0 Å². The van der Waals surface area contributed by atoms with Gasteiger partial charge in [-0.2, -0.15) is 0 Å². The molecule has 1 atom stereocenters. The molecular formula is C15H20N2O. The van der Waals surface area contributed by atoms with Crippen molar-refractivity contribution in [2.45, 2.75) is 26.3 Å². The summed E-state index contributed by atoms with van der Waals surface area (Å²) in [5, 5.41) is 6.23. The van der Waals surface area contributed by atoms with Gasteiger partial charge in [0.1, 0.15) is 6.04 Å². The van der Waals surface area contributed by atoms with Crippen LogP contribution in [0.15, 0.2) is 35.9 Å². The third kappa shape index (κ3) is 2.99. The molecule has 1 aliphatic heterocycles. The fourth-order valence-corrected chi connectivity index (χ4v) is 2.20. The summed E-state index contributed by atoms with van der Waals surface area (Å²) in [4.78, 5) is 12.1. The predicted molar refractivity (Wildman–Crippen MR) is 73.3 cm³/mol. The monoisotopic (exact) mass is 244 g/mol. The van der Waals surface area contributed by atoms with Crippen LogP contribution in [0.25, 0.3) is 0 Å². The number of hydrogen-bond acceptors (Lipinski definition) is 2. The Labute approximate surface area is 108 Å². The Hall–Kier alpha value is -1.61. The zero-order valence-corrected chi connectivity index (χ0v) is 11.0. The van der Waals surface area contributed by atoms with Crippen molar-refractivity contribution < 1.29 is 4.79 Å². The molecule has 1 unspecified atom stereocenters. The summed E-state index contributed by atoms with van der Waals surface area (Å²) in [6, 6.07) is 7.95. The molecule has 96 valence electrons. The highest BCUT2D eigenvalue weighted by Crippen LogP contribution is 2.22. The first kappa shape index (κ1) is 12.8. The third-order valence-electron chi connectivity index (χ3n) is 3.16. The largest absolute Gasteiger partial charge is 0.351 e. The summed E-state index contributed by atoms with van der Waals surface area (Å²) in [6.07, 6.45) is 3.01. The molecule has 0 aliphatic carbocycles. The van der Waals surface area contributed by atoms with Crippen LogP contribution in [0.3, 0.4) is 0 Å². The standard InChI is InChI=1S/C15H20N2O/c1-11(2)7-9-17-15(18)14-13-6-4-3-5-12(13)8-10-16-14/h3-7,14,16H,8-10H2,1-2H3,(H,17,18). The highest BCUT2D eigenvalue weighted by Gasteiger charge is 2.24. The Morgan fingerprint density at radius 3 is 3.00 bits per heavy atom. The van der Waals surface area contributed by atoms with E-state index in [-0.39, 0.29) is 11.9 Å². The van der Waals surface area contributed by atoms with Gasteiger partial charge >= 0.3 is 0 Å². The first-order chi connectivity index (χ1) is 8.68. The third-order valence-corrected chi connectivity index (χ3v) is 3.16. The normalized spacial score (nSPS) is 17.8. The second-order valence-electron chi connectivity index (χ2n) is 4.86. The Morgan fingerprint density at radius 1 is 1.44 bits per heavy atom. The summed E-state index contributed by atoms with van der Waals surface area (Å²) >= 11 is 0. The molecule has 0 aromatic heterocycles. The van der Waals surface area contributed by atoms with Gasteiger partial charge < -0.3 is 10.6 Å². The lowest BCUT2D eigenvalue weighted by molar-refractivity contribution is -0.123. The van der Waals surface area contributed by atoms with E-state index in [1.54, 1.807) is 0 Å². The van der Waals surface area contributed by atoms with Crippen LogP contribution in [0.5, 0.6) is 0 Å². The Morgan fingerprint density at radius 2 is 2.22 bits per heavy atom. The molecule has 0 bridgehead atoms. The van der Waals surface area contributed by atoms with Crippen molar-refractivity contribution in [1.29, 1.82) is 0 Å². The second kappa shape index (κ2) is 5.83. The van der Waals surface area contributed by atoms with Crippen molar-refractivity contribution >= 4 is 5.91 Å². The fraction of sp³-hybridized carbons (Fsp3) is 0.400. The average molecular weight is 244 g/mol. The highest BCUT2D eigenvalue weighted by molar-refractivity contribution is 5.84. The van der Waals surface area contributed by atoms with Gasteiger partial charge in [0.15, 0.2) is 0 Å². The van der Waals surface area contributed by atoms with E-state index >= 15 is 0 Å². The minimum Gasteiger partial charge on any atom is -0.351 e. The zero-order chi connectivity index (χ0) is 13.0. The molecule has 18 heavy (non-hydrogen) atoms. The number of rotatable bonds is 3. The summed E-state index contributed by atoms with van der Waals surface area (Å²) in [5.41, 5.74) is 3.60. The van der Waals surface area contributed by atoms with Crippen LogP contribution in [0.1, 0.15) is 31.0 Å².